The van der Waals surface area contributed by atoms with Crippen LogP contribution in [0.2, 0.25) is 0 Å². The van der Waals surface area contributed by atoms with Crippen LogP contribution in [0.1, 0.15) is 19.4 Å². The van der Waals surface area contributed by atoms with Gasteiger partial charge in [0.05, 0.1) is 13.2 Å². The summed E-state index contributed by atoms with van der Waals surface area (Å²) in [5.41, 5.74) is 10.9. The van der Waals surface area contributed by atoms with Crippen LogP contribution in [0.5, 0.6) is 0 Å². The van der Waals surface area contributed by atoms with Crippen molar-refractivity contribution in [3.8, 4) is 12.0 Å². The van der Waals surface area contributed by atoms with E-state index >= 15 is 0 Å². The number of nitrogens with two attached hydrogens (primary N) is 1. The van der Waals surface area contributed by atoms with Crippen molar-refractivity contribution in [1.82, 2.24) is 10.2 Å². The molecular formula is C19H22N4O. The predicted molar refractivity (Wildman–Crippen MR) is 97.9 cm³/mol. The summed E-state index contributed by atoms with van der Waals surface area (Å²) in [6.07, 6.45) is 2.13. The molecule has 0 aliphatic carbocycles. The van der Waals surface area contributed by atoms with Crippen molar-refractivity contribution in [3.05, 3.63) is 47.2 Å². The van der Waals surface area contributed by atoms with Crippen LogP contribution >= 0.6 is 0 Å². The Kier molecular flexibility index (Phi) is 4.88. The van der Waals surface area contributed by atoms with E-state index < -0.39 is 0 Å². The monoisotopic (exact) mass is 322 g/mol. The van der Waals surface area contributed by atoms with Gasteiger partial charge in [-0.3, -0.25) is 0 Å². The van der Waals surface area contributed by atoms with E-state index in [4.69, 9.17) is 10.5 Å². The summed E-state index contributed by atoms with van der Waals surface area (Å²) in [6.45, 7) is 7.22. The maximum atomic E-state index is 5.78. The van der Waals surface area contributed by atoms with E-state index in [9.17, 15) is 0 Å². The number of nitrogens with zero attached hydrogens (tertiary/aromatic N) is 2. The molecule has 0 radical (unpaired) electrons. The maximum absolute atomic E-state index is 5.78. The number of anilines is 1. The molecule has 2 heterocycles. The largest absolute Gasteiger partial charge is 0.399 e. The average molecular weight is 322 g/mol. The van der Waals surface area contributed by atoms with Crippen molar-refractivity contribution >= 4 is 17.2 Å². The molecule has 124 valence electrons. The second kappa shape index (κ2) is 7.24. The summed E-state index contributed by atoms with van der Waals surface area (Å²) in [6, 6.07) is 10.6. The summed E-state index contributed by atoms with van der Waals surface area (Å²) in [7, 11) is 0. The number of hydrogen-bond donors (Lipinski definition) is 2. The number of ether oxygens (including phenoxy) is 1. The van der Waals surface area contributed by atoms with Gasteiger partial charge < -0.3 is 20.7 Å². The zero-order valence-electron chi connectivity index (χ0n) is 14.1. The Balaban J connectivity index is 1.98. The molecule has 0 saturated carbocycles. The van der Waals surface area contributed by atoms with Crippen LogP contribution in [0.4, 0.5) is 5.69 Å². The number of nitrogens with one attached hydrogen (secondary N) is 1. The van der Waals surface area contributed by atoms with Gasteiger partial charge in [0.25, 0.3) is 0 Å². The molecule has 5 nitrogen and oxygen atoms in total. The summed E-state index contributed by atoms with van der Waals surface area (Å²) >= 11 is 0. The van der Waals surface area contributed by atoms with Gasteiger partial charge in [-0.05, 0) is 37.6 Å². The first-order valence-electron chi connectivity index (χ1n) is 8.07. The fraction of sp³-hybridized carbons (Fsp3) is 0.316. The van der Waals surface area contributed by atoms with Crippen LogP contribution in [-0.4, -0.2) is 37.0 Å². The second-order valence-electron chi connectivity index (χ2n) is 5.73. The molecule has 3 N–H and O–H groups in total. The fourth-order valence-electron chi connectivity index (χ4n) is 2.81. The summed E-state index contributed by atoms with van der Waals surface area (Å²) < 4.78 is 5.45. The van der Waals surface area contributed by atoms with E-state index in [-0.39, 0.29) is 0 Å². The lowest BCUT2D eigenvalue weighted by atomic mass is 10.1. The first-order valence-corrected chi connectivity index (χ1v) is 8.07. The van der Waals surface area contributed by atoms with Crippen LogP contribution in [0.25, 0.3) is 5.70 Å². The highest BCUT2D eigenvalue weighted by Crippen LogP contribution is 2.25. The van der Waals surface area contributed by atoms with Gasteiger partial charge in [0, 0.05) is 41.8 Å². The van der Waals surface area contributed by atoms with Gasteiger partial charge in [-0.2, -0.15) is 4.99 Å². The first-order chi connectivity index (χ1) is 11.7. The number of allylic oxidation sites excluding steroid dienone is 1. The van der Waals surface area contributed by atoms with E-state index in [0.29, 0.717) is 0 Å². The predicted octanol–water partition coefficient (Wildman–Crippen LogP) is 2.20. The Labute approximate surface area is 142 Å². The first kappa shape index (κ1) is 16.2. The van der Waals surface area contributed by atoms with Gasteiger partial charge >= 0.3 is 0 Å². The standard InChI is InChI=1S/C19H22N4O/c1-3-8-21-19-17(14(2)23-9-11-24-12-10-23)13-18(22-19)15-4-6-16(20)7-5-15/h4-7,13H,9-12,20H2,1-2H3,(H,21,22)/b17-14+. The molecule has 1 fully saturated rings. The zero-order valence-corrected chi connectivity index (χ0v) is 14.1. The van der Waals surface area contributed by atoms with Crippen molar-refractivity contribution in [2.24, 2.45) is 4.99 Å². The molecule has 0 spiro atoms. The third-order valence-electron chi connectivity index (χ3n) is 4.17. The molecule has 0 bridgehead atoms. The molecule has 24 heavy (non-hydrogen) atoms. The quantitative estimate of drug-likeness (QED) is 0.647. The van der Waals surface area contributed by atoms with Crippen molar-refractivity contribution in [1.29, 1.82) is 0 Å². The van der Waals surface area contributed by atoms with Crippen LogP contribution in [0, 0.1) is 12.0 Å². The Morgan fingerprint density at radius 3 is 2.62 bits per heavy atom. The maximum Gasteiger partial charge on any atom is 0.149 e. The van der Waals surface area contributed by atoms with E-state index in [2.05, 4.69) is 40.2 Å². The third kappa shape index (κ3) is 3.44. The number of aliphatic imine (C=N–C) groups is 1. The number of rotatable bonds is 2. The minimum absolute atomic E-state index is 0.753. The molecule has 1 aromatic rings. The molecule has 3 rings (SSSR count). The van der Waals surface area contributed by atoms with Gasteiger partial charge in [-0.1, -0.05) is 18.1 Å². The van der Waals surface area contributed by atoms with Crippen molar-refractivity contribution in [3.63, 3.8) is 0 Å². The van der Waals surface area contributed by atoms with Gasteiger partial charge in [0.1, 0.15) is 5.84 Å². The molecule has 2 aliphatic heterocycles. The lowest BCUT2D eigenvalue weighted by Gasteiger charge is -2.30. The normalized spacial score (nSPS) is 21.0. The Morgan fingerprint density at radius 2 is 1.96 bits per heavy atom. The average Bonchev–Trinajstić information content (AvgIpc) is 3.04. The molecule has 0 aromatic heterocycles. The summed E-state index contributed by atoms with van der Waals surface area (Å²) in [4.78, 5) is 6.72. The molecule has 0 unspecified atom stereocenters. The smallest absolute Gasteiger partial charge is 0.149 e. The lowest BCUT2D eigenvalue weighted by molar-refractivity contribution is 0.0536. The SMILES string of the molecule is CC#CN=C1NC(c2ccc(N)cc2)=C/C1=C(/C)N1CCOCC1. The topological polar surface area (TPSA) is 62.9 Å². The molecule has 2 aliphatic rings. The molecule has 0 amide bonds. The zero-order chi connectivity index (χ0) is 16.9. The Hall–Kier alpha value is -2.71. The van der Waals surface area contributed by atoms with Gasteiger partial charge in [-0.15, -0.1) is 0 Å². The second-order valence-corrected chi connectivity index (χ2v) is 5.73. The van der Waals surface area contributed by atoms with Crippen LogP contribution in [-0.2, 0) is 4.74 Å². The highest BCUT2D eigenvalue weighted by molar-refractivity contribution is 6.12. The van der Waals surface area contributed by atoms with Crippen LogP contribution in [0.3, 0.4) is 0 Å². The van der Waals surface area contributed by atoms with E-state index in [1.807, 2.05) is 24.3 Å². The highest BCUT2D eigenvalue weighted by atomic mass is 16.5. The molecule has 1 saturated heterocycles. The van der Waals surface area contributed by atoms with Crippen molar-refractivity contribution < 1.29 is 4.74 Å². The molecule has 5 heteroatoms. The molecule has 0 atom stereocenters. The van der Waals surface area contributed by atoms with Gasteiger partial charge in [-0.25, -0.2) is 0 Å². The molecular weight excluding hydrogens is 300 g/mol. The van der Waals surface area contributed by atoms with Crippen molar-refractivity contribution in [2.75, 3.05) is 32.0 Å². The summed E-state index contributed by atoms with van der Waals surface area (Å²) in [5.74, 6) is 3.61. The highest BCUT2D eigenvalue weighted by Gasteiger charge is 2.22. The van der Waals surface area contributed by atoms with E-state index in [1.54, 1.807) is 6.92 Å². The molecule has 1 aromatic carbocycles. The Morgan fingerprint density at radius 1 is 1.25 bits per heavy atom. The van der Waals surface area contributed by atoms with Crippen LogP contribution < -0.4 is 11.1 Å². The van der Waals surface area contributed by atoms with Crippen molar-refractivity contribution in [2.45, 2.75) is 13.8 Å². The minimum Gasteiger partial charge on any atom is -0.399 e. The lowest BCUT2D eigenvalue weighted by Crippen LogP contribution is -2.36. The number of amidine groups is 1. The van der Waals surface area contributed by atoms with Crippen LogP contribution in [0.15, 0.2) is 46.6 Å². The number of nitrogen functional groups attached to an aromatic ring is 1. The fourth-order valence-corrected chi connectivity index (χ4v) is 2.81. The van der Waals surface area contributed by atoms with E-state index in [0.717, 1.165) is 54.7 Å². The van der Waals surface area contributed by atoms with Gasteiger partial charge in [0.2, 0.25) is 0 Å². The third-order valence-corrected chi connectivity index (χ3v) is 4.17. The summed E-state index contributed by atoms with van der Waals surface area (Å²) in [5, 5.41) is 3.38. The number of benzene rings is 1. The van der Waals surface area contributed by atoms with E-state index in [1.165, 1.54) is 5.70 Å². The Bertz CT molecular complexity index is 757. The number of hydrogen-bond acceptors (Lipinski definition) is 4. The number of morpholine rings is 1. The van der Waals surface area contributed by atoms with Gasteiger partial charge in [0.15, 0.2) is 0 Å². The minimum atomic E-state index is 0.753.